The molecule has 4 nitrogen and oxygen atoms in total. The van der Waals surface area contributed by atoms with Gasteiger partial charge in [0.2, 0.25) is 0 Å². The molecule has 4 aliphatic carbocycles. The van der Waals surface area contributed by atoms with Crippen LogP contribution in [0.1, 0.15) is 50.1 Å². The summed E-state index contributed by atoms with van der Waals surface area (Å²) in [6.07, 6.45) is 8.48. The van der Waals surface area contributed by atoms with Gasteiger partial charge in [-0.15, -0.1) is 0 Å². The monoisotopic (exact) mass is 326 g/mol. The molecule has 2 heterocycles. The Morgan fingerprint density at radius 1 is 1.08 bits per heavy atom. The van der Waals surface area contributed by atoms with Crippen molar-refractivity contribution in [1.82, 2.24) is 10.3 Å². The molecule has 5 aliphatic rings. The van der Waals surface area contributed by atoms with E-state index < -0.39 is 0 Å². The molecule has 6 rings (SSSR count). The van der Waals surface area contributed by atoms with Crippen LogP contribution < -0.4 is 16.0 Å². The second-order valence-corrected chi connectivity index (χ2v) is 8.85. The molecule has 1 aromatic heterocycles. The summed E-state index contributed by atoms with van der Waals surface area (Å²) in [5, 5.41) is 3.41. The van der Waals surface area contributed by atoms with Crippen LogP contribution in [0.4, 0.5) is 11.5 Å². The van der Waals surface area contributed by atoms with E-state index in [4.69, 9.17) is 10.7 Å². The number of nitrogens with zero attached hydrogens (tertiary/aromatic N) is 2. The fourth-order valence-corrected chi connectivity index (χ4v) is 6.55. The average molecular weight is 326 g/mol. The number of nitrogen functional groups attached to an aromatic ring is 1. The zero-order chi connectivity index (χ0) is 16.3. The highest BCUT2D eigenvalue weighted by Gasteiger charge is 2.49. The predicted octanol–water partition coefficient (Wildman–Crippen LogP) is 3.00. The maximum absolute atomic E-state index is 6.23. The van der Waals surface area contributed by atoms with Gasteiger partial charge in [-0.1, -0.05) is 0 Å². The molecule has 0 radical (unpaired) electrons. The van der Waals surface area contributed by atoms with E-state index in [1.54, 1.807) is 0 Å². The summed E-state index contributed by atoms with van der Waals surface area (Å²) in [6, 6.07) is 5.06. The van der Waals surface area contributed by atoms with E-state index in [2.05, 4.69) is 29.4 Å². The summed E-state index contributed by atoms with van der Waals surface area (Å²) in [5.41, 5.74) is 8.83. The molecule has 1 atom stereocenters. The largest absolute Gasteiger partial charge is 0.384 e. The van der Waals surface area contributed by atoms with Gasteiger partial charge in [0.15, 0.2) is 0 Å². The Kier molecular flexibility index (Phi) is 3.51. The van der Waals surface area contributed by atoms with Gasteiger partial charge in [-0.25, -0.2) is 4.98 Å². The highest BCUT2D eigenvalue weighted by Crippen LogP contribution is 2.59. The zero-order valence-electron chi connectivity index (χ0n) is 14.7. The van der Waals surface area contributed by atoms with E-state index in [1.165, 1.54) is 49.9 Å². The molecule has 5 fully saturated rings. The SMILES string of the molecule is CNC1CCN(c2cc(N)nc(C3C4CC5CC(C4)CC3C5)c2)C1. The van der Waals surface area contributed by atoms with Crippen molar-refractivity contribution in [2.75, 3.05) is 30.8 Å². The lowest BCUT2D eigenvalue weighted by atomic mass is 9.51. The third-order valence-corrected chi connectivity index (χ3v) is 7.38. The van der Waals surface area contributed by atoms with Crippen LogP contribution in [0.3, 0.4) is 0 Å². The number of pyridine rings is 1. The summed E-state index contributed by atoms with van der Waals surface area (Å²) in [6.45, 7) is 2.21. The van der Waals surface area contributed by atoms with Crippen LogP contribution in [-0.2, 0) is 0 Å². The average Bonchev–Trinajstić information content (AvgIpc) is 3.02. The standard InChI is InChI=1S/C20H30N4/c1-22-16-2-3-24(11-16)17-9-18(23-19(21)10-17)20-14-5-12-4-13(7-14)8-15(20)6-12/h9-10,12-16,20,22H,2-8,11H2,1H3,(H2,21,23). The fraction of sp³-hybridized carbons (Fsp3) is 0.750. The van der Waals surface area contributed by atoms with Crippen LogP contribution in [-0.4, -0.2) is 31.2 Å². The van der Waals surface area contributed by atoms with Gasteiger partial charge in [0, 0.05) is 42.5 Å². The molecule has 130 valence electrons. The van der Waals surface area contributed by atoms with Crippen LogP contribution in [0, 0.1) is 23.7 Å². The van der Waals surface area contributed by atoms with Crippen molar-refractivity contribution in [2.24, 2.45) is 23.7 Å². The molecule has 24 heavy (non-hydrogen) atoms. The van der Waals surface area contributed by atoms with Crippen molar-refractivity contribution < 1.29 is 0 Å². The lowest BCUT2D eigenvalue weighted by molar-refractivity contribution is -0.00408. The third kappa shape index (κ3) is 2.42. The van der Waals surface area contributed by atoms with Crippen molar-refractivity contribution in [3.05, 3.63) is 17.8 Å². The molecule has 0 amide bonds. The molecule has 4 heteroatoms. The number of hydrogen-bond donors (Lipinski definition) is 2. The predicted molar refractivity (Wildman–Crippen MR) is 98.1 cm³/mol. The van der Waals surface area contributed by atoms with Crippen LogP contribution in [0.25, 0.3) is 0 Å². The Morgan fingerprint density at radius 3 is 2.42 bits per heavy atom. The molecular formula is C20H30N4. The van der Waals surface area contributed by atoms with Crippen LogP contribution >= 0.6 is 0 Å². The number of rotatable bonds is 3. The van der Waals surface area contributed by atoms with Crippen molar-refractivity contribution in [2.45, 2.75) is 50.5 Å². The van der Waals surface area contributed by atoms with Gasteiger partial charge >= 0.3 is 0 Å². The normalized spacial score (nSPS) is 40.5. The van der Waals surface area contributed by atoms with E-state index >= 15 is 0 Å². The van der Waals surface area contributed by atoms with Gasteiger partial charge in [-0.05, 0) is 75.3 Å². The maximum atomic E-state index is 6.23. The Morgan fingerprint density at radius 2 is 1.79 bits per heavy atom. The molecule has 0 spiro atoms. The highest BCUT2D eigenvalue weighted by atomic mass is 15.2. The number of nitrogens with one attached hydrogen (secondary N) is 1. The van der Waals surface area contributed by atoms with Gasteiger partial charge in [0.1, 0.15) is 5.82 Å². The van der Waals surface area contributed by atoms with E-state index in [-0.39, 0.29) is 0 Å². The second kappa shape index (κ2) is 5.62. The minimum atomic E-state index is 0.601. The summed E-state index contributed by atoms with van der Waals surface area (Å²) in [4.78, 5) is 7.31. The van der Waals surface area contributed by atoms with Gasteiger partial charge in [0.05, 0.1) is 0 Å². The van der Waals surface area contributed by atoms with Crippen LogP contribution in [0.15, 0.2) is 12.1 Å². The lowest BCUT2D eigenvalue weighted by Gasteiger charge is -2.54. The summed E-state index contributed by atoms with van der Waals surface area (Å²) < 4.78 is 0. The van der Waals surface area contributed by atoms with Gasteiger partial charge in [-0.2, -0.15) is 0 Å². The van der Waals surface area contributed by atoms with Crippen LogP contribution in [0.5, 0.6) is 0 Å². The Balaban J connectivity index is 1.44. The van der Waals surface area contributed by atoms with Gasteiger partial charge in [0.25, 0.3) is 0 Å². The Bertz CT molecular complexity index is 600. The minimum Gasteiger partial charge on any atom is -0.384 e. The quantitative estimate of drug-likeness (QED) is 0.896. The molecule has 1 aromatic rings. The summed E-state index contributed by atoms with van der Waals surface area (Å²) in [5.74, 6) is 5.14. The van der Waals surface area contributed by atoms with Gasteiger partial charge in [-0.3, -0.25) is 0 Å². The molecular weight excluding hydrogens is 296 g/mol. The Labute approximate surface area is 145 Å². The molecule has 1 aliphatic heterocycles. The van der Waals surface area contributed by atoms with E-state index in [1.807, 2.05) is 0 Å². The van der Waals surface area contributed by atoms with E-state index in [0.29, 0.717) is 17.8 Å². The van der Waals surface area contributed by atoms with Crippen molar-refractivity contribution >= 4 is 11.5 Å². The van der Waals surface area contributed by atoms with Crippen molar-refractivity contribution in [3.63, 3.8) is 0 Å². The summed E-state index contributed by atoms with van der Waals surface area (Å²) >= 11 is 0. The van der Waals surface area contributed by atoms with Gasteiger partial charge < -0.3 is 16.0 Å². The molecule has 1 unspecified atom stereocenters. The number of anilines is 2. The molecule has 4 saturated carbocycles. The topological polar surface area (TPSA) is 54.2 Å². The van der Waals surface area contributed by atoms with Crippen LogP contribution in [0.2, 0.25) is 0 Å². The smallest absolute Gasteiger partial charge is 0.125 e. The first-order valence-corrected chi connectivity index (χ1v) is 9.89. The minimum absolute atomic E-state index is 0.601. The van der Waals surface area contributed by atoms with E-state index in [9.17, 15) is 0 Å². The third-order valence-electron chi connectivity index (χ3n) is 7.38. The first kappa shape index (κ1) is 15.0. The lowest BCUT2D eigenvalue weighted by Crippen LogP contribution is -2.44. The fourth-order valence-electron chi connectivity index (χ4n) is 6.55. The molecule has 4 bridgehead atoms. The number of hydrogen-bond acceptors (Lipinski definition) is 4. The van der Waals surface area contributed by atoms with Crippen molar-refractivity contribution in [1.29, 1.82) is 0 Å². The highest BCUT2D eigenvalue weighted by molar-refractivity contribution is 5.55. The number of likely N-dealkylation sites (N-methyl/N-ethyl adjacent to an activating group) is 1. The second-order valence-electron chi connectivity index (χ2n) is 8.85. The molecule has 0 aromatic carbocycles. The first-order chi connectivity index (χ1) is 11.7. The number of nitrogens with two attached hydrogens (primary N) is 1. The summed E-state index contributed by atoms with van der Waals surface area (Å²) in [7, 11) is 2.06. The number of aromatic nitrogens is 1. The molecule has 1 saturated heterocycles. The first-order valence-electron chi connectivity index (χ1n) is 9.89. The van der Waals surface area contributed by atoms with E-state index in [0.717, 1.165) is 36.8 Å². The zero-order valence-corrected chi connectivity index (χ0v) is 14.7. The Hall–Kier alpha value is -1.29. The maximum Gasteiger partial charge on any atom is 0.125 e. The molecule has 3 N–H and O–H groups in total. The van der Waals surface area contributed by atoms with Crippen molar-refractivity contribution in [3.8, 4) is 0 Å².